The lowest BCUT2D eigenvalue weighted by Gasteiger charge is -2.16. The molecule has 7 nitrogen and oxygen atoms in total. The van der Waals surface area contributed by atoms with Gasteiger partial charge >= 0.3 is 0 Å². The first kappa shape index (κ1) is 24.1. The second-order valence-corrected chi connectivity index (χ2v) is 7.84. The van der Waals surface area contributed by atoms with Crippen LogP contribution < -0.4 is 9.47 Å². The molecule has 3 rings (SSSR count). The first-order chi connectivity index (χ1) is 15.8. The molecule has 2 aromatic carbocycles. The fraction of sp³-hybridized carbons (Fsp3) is 0.240. The van der Waals surface area contributed by atoms with Crippen molar-refractivity contribution in [3.63, 3.8) is 0 Å². The van der Waals surface area contributed by atoms with Gasteiger partial charge in [-0.25, -0.2) is 4.68 Å². The maximum Gasteiger partial charge on any atom is 0.259 e. The number of hydrogen-bond donors (Lipinski definition) is 0. The van der Waals surface area contributed by atoms with Gasteiger partial charge in [0.25, 0.3) is 5.91 Å². The van der Waals surface area contributed by atoms with Crippen LogP contribution in [-0.2, 0) is 4.79 Å². The highest BCUT2D eigenvalue weighted by molar-refractivity contribution is 6.32. The molecule has 0 spiro atoms. The van der Waals surface area contributed by atoms with Crippen LogP contribution in [0.3, 0.4) is 0 Å². The SMILES string of the molecule is CCOc1cc(/C=C/C(=O)c2cnn(-c3ccccc3)c2C)cc(Cl)c1OCC(=O)N(C)C. The van der Waals surface area contributed by atoms with Gasteiger partial charge in [-0.3, -0.25) is 9.59 Å². The van der Waals surface area contributed by atoms with E-state index < -0.39 is 0 Å². The van der Waals surface area contributed by atoms with Gasteiger partial charge < -0.3 is 14.4 Å². The molecule has 0 atom stereocenters. The molecular weight excluding hydrogens is 442 g/mol. The maximum absolute atomic E-state index is 12.8. The second-order valence-electron chi connectivity index (χ2n) is 7.43. The Morgan fingerprint density at radius 1 is 1.15 bits per heavy atom. The molecule has 3 aromatic rings. The molecule has 0 fully saturated rings. The molecule has 0 aliphatic carbocycles. The van der Waals surface area contributed by atoms with E-state index in [0.717, 1.165) is 11.4 Å². The van der Waals surface area contributed by atoms with E-state index in [1.165, 1.54) is 11.0 Å². The number of ketones is 1. The monoisotopic (exact) mass is 467 g/mol. The largest absolute Gasteiger partial charge is 0.490 e. The molecule has 1 aromatic heterocycles. The van der Waals surface area contributed by atoms with E-state index in [-0.39, 0.29) is 29.1 Å². The van der Waals surface area contributed by atoms with Gasteiger partial charge in [0.1, 0.15) is 0 Å². The van der Waals surface area contributed by atoms with E-state index >= 15 is 0 Å². The van der Waals surface area contributed by atoms with Crippen molar-refractivity contribution in [3.8, 4) is 17.2 Å². The first-order valence-corrected chi connectivity index (χ1v) is 10.8. The van der Waals surface area contributed by atoms with Crippen molar-refractivity contribution in [2.45, 2.75) is 13.8 Å². The number of carbonyl (C=O) groups is 2. The number of rotatable bonds is 9. The summed E-state index contributed by atoms with van der Waals surface area (Å²) >= 11 is 6.40. The summed E-state index contributed by atoms with van der Waals surface area (Å²) in [4.78, 5) is 26.1. The molecule has 0 aliphatic rings. The van der Waals surface area contributed by atoms with Gasteiger partial charge in [-0.1, -0.05) is 35.9 Å². The number of hydrogen-bond acceptors (Lipinski definition) is 5. The Balaban J connectivity index is 1.81. The third kappa shape index (κ3) is 5.81. The van der Waals surface area contributed by atoms with Gasteiger partial charge in [-0.2, -0.15) is 5.10 Å². The number of aromatic nitrogens is 2. The number of ether oxygens (including phenoxy) is 2. The van der Waals surface area contributed by atoms with E-state index in [2.05, 4.69) is 5.10 Å². The summed E-state index contributed by atoms with van der Waals surface area (Å²) in [5.74, 6) is 0.309. The lowest BCUT2D eigenvalue weighted by molar-refractivity contribution is -0.130. The summed E-state index contributed by atoms with van der Waals surface area (Å²) in [6, 6.07) is 13.0. The van der Waals surface area contributed by atoms with Gasteiger partial charge in [0, 0.05) is 14.1 Å². The van der Waals surface area contributed by atoms with Crippen LogP contribution in [0, 0.1) is 6.92 Å². The van der Waals surface area contributed by atoms with Crippen LogP contribution in [0.25, 0.3) is 11.8 Å². The Morgan fingerprint density at radius 3 is 2.55 bits per heavy atom. The van der Waals surface area contributed by atoms with Crippen molar-refractivity contribution in [1.82, 2.24) is 14.7 Å². The molecule has 0 radical (unpaired) electrons. The number of likely N-dealkylation sites (N-methyl/N-ethyl adjacent to an activating group) is 1. The van der Waals surface area contributed by atoms with Crippen LogP contribution in [0.5, 0.6) is 11.5 Å². The number of para-hydroxylation sites is 1. The zero-order valence-electron chi connectivity index (χ0n) is 19.0. The molecule has 1 amide bonds. The first-order valence-electron chi connectivity index (χ1n) is 10.4. The number of halogens is 1. The van der Waals surface area contributed by atoms with Crippen molar-refractivity contribution in [3.05, 3.63) is 76.6 Å². The topological polar surface area (TPSA) is 73.7 Å². The summed E-state index contributed by atoms with van der Waals surface area (Å²) in [6.45, 7) is 3.91. The Bertz CT molecular complexity index is 1170. The summed E-state index contributed by atoms with van der Waals surface area (Å²) in [6.07, 6.45) is 4.69. The zero-order valence-corrected chi connectivity index (χ0v) is 19.8. The molecule has 1 heterocycles. The van der Waals surface area contributed by atoms with Gasteiger partial charge in [-0.15, -0.1) is 0 Å². The van der Waals surface area contributed by atoms with Crippen LogP contribution in [-0.4, -0.2) is 53.7 Å². The lowest BCUT2D eigenvalue weighted by Crippen LogP contribution is -2.27. The predicted octanol–water partition coefficient (Wildman–Crippen LogP) is 4.60. The van der Waals surface area contributed by atoms with Crippen LogP contribution in [0.1, 0.15) is 28.5 Å². The van der Waals surface area contributed by atoms with Gasteiger partial charge in [0.05, 0.1) is 34.8 Å². The predicted molar refractivity (Wildman–Crippen MR) is 128 cm³/mol. The second kappa shape index (κ2) is 10.8. The minimum atomic E-state index is -0.200. The highest BCUT2D eigenvalue weighted by Gasteiger charge is 2.16. The van der Waals surface area contributed by atoms with Crippen molar-refractivity contribution in [2.24, 2.45) is 0 Å². The third-order valence-electron chi connectivity index (χ3n) is 4.87. The molecular formula is C25H26ClN3O4. The average Bonchev–Trinajstić information content (AvgIpc) is 3.18. The van der Waals surface area contributed by atoms with Gasteiger partial charge in [0.2, 0.25) is 0 Å². The summed E-state index contributed by atoms with van der Waals surface area (Å²) in [7, 11) is 3.29. The zero-order chi connectivity index (χ0) is 24.0. The molecule has 0 bridgehead atoms. The molecule has 8 heteroatoms. The van der Waals surface area contributed by atoms with E-state index in [4.69, 9.17) is 21.1 Å². The Hall–Kier alpha value is -3.58. The highest BCUT2D eigenvalue weighted by Crippen LogP contribution is 2.37. The van der Waals surface area contributed by atoms with Gasteiger partial charge in [0.15, 0.2) is 23.9 Å². The normalized spacial score (nSPS) is 10.9. The van der Waals surface area contributed by atoms with E-state index in [9.17, 15) is 9.59 Å². The van der Waals surface area contributed by atoms with Crippen molar-refractivity contribution < 1.29 is 19.1 Å². The fourth-order valence-corrected chi connectivity index (χ4v) is 3.37. The number of carbonyl (C=O) groups excluding carboxylic acids is 2. The summed E-state index contributed by atoms with van der Waals surface area (Å²) in [5, 5.41) is 4.63. The minimum absolute atomic E-state index is 0.162. The van der Waals surface area contributed by atoms with E-state index in [1.807, 2.05) is 44.2 Å². The quantitative estimate of drug-likeness (QED) is 0.340. The van der Waals surface area contributed by atoms with Crippen molar-refractivity contribution in [1.29, 1.82) is 0 Å². The number of nitrogens with zero attached hydrogens (tertiary/aromatic N) is 3. The molecule has 0 saturated heterocycles. The molecule has 0 N–H and O–H groups in total. The molecule has 0 saturated carbocycles. The summed E-state index contributed by atoms with van der Waals surface area (Å²) < 4.78 is 13.0. The number of benzene rings is 2. The van der Waals surface area contributed by atoms with E-state index in [1.54, 1.807) is 43.2 Å². The number of amides is 1. The van der Waals surface area contributed by atoms with Crippen molar-refractivity contribution in [2.75, 3.05) is 27.3 Å². The molecule has 0 unspecified atom stereocenters. The smallest absolute Gasteiger partial charge is 0.259 e. The standard InChI is InChI=1S/C25H26ClN3O4/c1-5-32-23-14-18(13-21(26)25(23)33-16-24(31)28(3)4)11-12-22(30)20-15-27-29(17(20)2)19-9-7-6-8-10-19/h6-15H,5,16H2,1-4H3/b12-11+. The molecule has 0 aliphatic heterocycles. The minimum Gasteiger partial charge on any atom is -0.490 e. The van der Waals surface area contributed by atoms with Crippen LogP contribution in [0.15, 0.2) is 54.7 Å². The average molecular weight is 468 g/mol. The third-order valence-corrected chi connectivity index (χ3v) is 5.15. The van der Waals surface area contributed by atoms with Crippen molar-refractivity contribution >= 4 is 29.4 Å². The van der Waals surface area contributed by atoms with Crippen LogP contribution in [0.2, 0.25) is 5.02 Å². The fourth-order valence-electron chi connectivity index (χ4n) is 3.09. The van der Waals surface area contributed by atoms with Crippen LogP contribution >= 0.6 is 11.6 Å². The highest BCUT2D eigenvalue weighted by atomic mass is 35.5. The van der Waals surface area contributed by atoms with Gasteiger partial charge in [-0.05, 0) is 49.8 Å². The molecule has 172 valence electrons. The Morgan fingerprint density at radius 2 is 1.88 bits per heavy atom. The Labute approximate surface area is 198 Å². The Kier molecular flexibility index (Phi) is 7.90. The van der Waals surface area contributed by atoms with E-state index in [0.29, 0.717) is 23.5 Å². The molecule has 33 heavy (non-hydrogen) atoms. The summed E-state index contributed by atoms with van der Waals surface area (Å²) in [5.41, 5.74) is 2.80. The van der Waals surface area contributed by atoms with Crippen LogP contribution in [0.4, 0.5) is 0 Å². The number of allylic oxidation sites excluding steroid dienone is 1. The maximum atomic E-state index is 12.8. The lowest BCUT2D eigenvalue weighted by atomic mass is 10.1.